The van der Waals surface area contributed by atoms with Gasteiger partial charge in [0.05, 0.1) is 0 Å². The average Bonchev–Trinajstić information content (AvgIpc) is 2.62. The monoisotopic (exact) mass is 382 g/mol. The zero-order chi connectivity index (χ0) is 20.5. The van der Waals surface area contributed by atoms with Crippen molar-refractivity contribution in [2.24, 2.45) is 11.5 Å². The lowest BCUT2D eigenvalue weighted by Gasteiger charge is -2.07. The second kappa shape index (κ2) is 10.4. The lowest BCUT2D eigenvalue weighted by molar-refractivity contribution is -0.131. The number of rotatable bonds is 8. The molecule has 0 amide bonds. The van der Waals surface area contributed by atoms with Crippen molar-refractivity contribution in [1.82, 2.24) is 0 Å². The van der Waals surface area contributed by atoms with E-state index in [0.29, 0.717) is 11.5 Å². The molecule has 148 valence electrons. The third-order valence-corrected chi connectivity index (χ3v) is 3.75. The quantitative estimate of drug-likeness (QED) is 0.413. The van der Waals surface area contributed by atoms with Gasteiger partial charge in [0, 0.05) is 24.2 Å². The molecule has 4 N–H and O–H groups in total. The maximum atomic E-state index is 11.8. The third-order valence-electron chi connectivity index (χ3n) is 3.75. The highest BCUT2D eigenvalue weighted by atomic mass is 16.5. The Labute approximate surface area is 165 Å². The first-order valence-corrected chi connectivity index (χ1v) is 9.12. The standard InChI is InChI=1S/C22H26N2O4/c1-15(23)13-17-3-7-19(8-4-17)27-21(25)11-12-22(26)28-20-9-5-18(6-10-20)14-16(2)24/h3-12,15-16H,13-14,23-24H2,1-2H3/b12-11-. The first-order valence-electron chi connectivity index (χ1n) is 9.12. The van der Waals surface area contributed by atoms with Crippen LogP contribution in [0.2, 0.25) is 0 Å². The van der Waals surface area contributed by atoms with Crippen LogP contribution in [0.15, 0.2) is 60.7 Å². The van der Waals surface area contributed by atoms with Crippen LogP contribution in [0.1, 0.15) is 25.0 Å². The molecule has 0 aliphatic heterocycles. The molecule has 28 heavy (non-hydrogen) atoms. The lowest BCUT2D eigenvalue weighted by atomic mass is 10.1. The van der Waals surface area contributed by atoms with Gasteiger partial charge in [0.15, 0.2) is 0 Å². The molecular weight excluding hydrogens is 356 g/mol. The second-order valence-corrected chi connectivity index (χ2v) is 6.83. The summed E-state index contributed by atoms with van der Waals surface area (Å²) in [5, 5.41) is 0. The molecule has 2 rings (SSSR count). The average molecular weight is 382 g/mol. The van der Waals surface area contributed by atoms with Gasteiger partial charge in [-0.3, -0.25) is 0 Å². The Balaban J connectivity index is 1.83. The van der Waals surface area contributed by atoms with E-state index in [0.717, 1.165) is 36.1 Å². The summed E-state index contributed by atoms with van der Waals surface area (Å²) in [7, 11) is 0. The zero-order valence-electron chi connectivity index (χ0n) is 16.1. The fourth-order valence-electron chi connectivity index (χ4n) is 2.57. The van der Waals surface area contributed by atoms with Crippen molar-refractivity contribution in [1.29, 1.82) is 0 Å². The minimum Gasteiger partial charge on any atom is -0.423 e. The van der Waals surface area contributed by atoms with Gasteiger partial charge in [-0.2, -0.15) is 0 Å². The molecule has 2 aromatic carbocycles. The van der Waals surface area contributed by atoms with E-state index < -0.39 is 11.9 Å². The molecule has 0 heterocycles. The predicted molar refractivity (Wildman–Crippen MR) is 108 cm³/mol. The number of carbonyl (C=O) groups is 2. The maximum Gasteiger partial charge on any atom is 0.336 e. The van der Waals surface area contributed by atoms with Crippen LogP contribution < -0.4 is 20.9 Å². The largest absolute Gasteiger partial charge is 0.423 e. The number of benzene rings is 2. The first kappa shape index (κ1) is 21.3. The van der Waals surface area contributed by atoms with E-state index >= 15 is 0 Å². The Morgan fingerprint density at radius 2 is 1.07 bits per heavy atom. The molecule has 6 heteroatoms. The van der Waals surface area contributed by atoms with Crippen LogP contribution in [-0.2, 0) is 22.4 Å². The van der Waals surface area contributed by atoms with E-state index in [1.807, 2.05) is 38.1 Å². The molecule has 0 radical (unpaired) electrons. The van der Waals surface area contributed by atoms with Crippen molar-refractivity contribution in [3.05, 3.63) is 71.8 Å². The van der Waals surface area contributed by atoms with Crippen LogP contribution in [0.25, 0.3) is 0 Å². The van der Waals surface area contributed by atoms with E-state index in [2.05, 4.69) is 0 Å². The van der Waals surface area contributed by atoms with E-state index in [9.17, 15) is 9.59 Å². The van der Waals surface area contributed by atoms with Crippen molar-refractivity contribution in [2.45, 2.75) is 38.8 Å². The zero-order valence-corrected chi connectivity index (χ0v) is 16.1. The first-order chi connectivity index (χ1) is 13.3. The van der Waals surface area contributed by atoms with Gasteiger partial charge in [0.2, 0.25) is 0 Å². The molecule has 2 unspecified atom stereocenters. The molecule has 0 saturated heterocycles. The highest BCUT2D eigenvalue weighted by Gasteiger charge is 2.06. The summed E-state index contributed by atoms with van der Waals surface area (Å²) in [5.74, 6) is -0.546. The Hall–Kier alpha value is -2.96. The summed E-state index contributed by atoms with van der Waals surface area (Å²) in [6.07, 6.45) is 3.55. The van der Waals surface area contributed by atoms with Crippen LogP contribution in [0, 0.1) is 0 Å². The van der Waals surface area contributed by atoms with Gasteiger partial charge in [0.1, 0.15) is 11.5 Å². The highest BCUT2D eigenvalue weighted by molar-refractivity contribution is 5.93. The van der Waals surface area contributed by atoms with Crippen molar-refractivity contribution in [2.75, 3.05) is 0 Å². The molecule has 0 fully saturated rings. The summed E-state index contributed by atoms with van der Waals surface area (Å²) in [4.78, 5) is 23.7. The van der Waals surface area contributed by atoms with E-state index in [-0.39, 0.29) is 12.1 Å². The molecule has 0 spiro atoms. The third kappa shape index (κ3) is 7.73. The van der Waals surface area contributed by atoms with Crippen LogP contribution in [0.3, 0.4) is 0 Å². The normalized spacial score (nSPS) is 13.1. The van der Waals surface area contributed by atoms with Crippen molar-refractivity contribution in [3.8, 4) is 11.5 Å². The summed E-state index contributed by atoms with van der Waals surface area (Å²) < 4.78 is 10.3. The number of hydrogen-bond donors (Lipinski definition) is 2. The van der Waals surface area contributed by atoms with Gasteiger partial charge in [-0.25, -0.2) is 9.59 Å². The highest BCUT2D eigenvalue weighted by Crippen LogP contribution is 2.15. The molecule has 2 aromatic rings. The van der Waals surface area contributed by atoms with Gasteiger partial charge in [-0.15, -0.1) is 0 Å². The Kier molecular flexibility index (Phi) is 7.92. The molecule has 6 nitrogen and oxygen atoms in total. The van der Waals surface area contributed by atoms with Gasteiger partial charge in [0.25, 0.3) is 0 Å². The Morgan fingerprint density at radius 1 is 0.750 bits per heavy atom. The molecule has 0 aliphatic carbocycles. The molecule has 0 bridgehead atoms. The lowest BCUT2D eigenvalue weighted by Crippen LogP contribution is -2.17. The van der Waals surface area contributed by atoms with Crippen LogP contribution in [0.5, 0.6) is 11.5 Å². The molecule has 0 aromatic heterocycles. The molecule has 2 atom stereocenters. The summed E-state index contributed by atoms with van der Waals surface area (Å²) in [5.41, 5.74) is 13.6. The topological polar surface area (TPSA) is 105 Å². The molecule has 0 aliphatic rings. The van der Waals surface area contributed by atoms with Crippen LogP contribution >= 0.6 is 0 Å². The minimum atomic E-state index is -0.663. The Morgan fingerprint density at radius 3 is 1.36 bits per heavy atom. The number of carbonyl (C=O) groups excluding carboxylic acids is 2. The van der Waals surface area contributed by atoms with Crippen LogP contribution in [0.4, 0.5) is 0 Å². The maximum absolute atomic E-state index is 11.8. The van der Waals surface area contributed by atoms with Gasteiger partial charge in [-0.05, 0) is 62.1 Å². The van der Waals surface area contributed by atoms with Crippen molar-refractivity contribution >= 4 is 11.9 Å². The smallest absolute Gasteiger partial charge is 0.336 e. The number of nitrogens with two attached hydrogens (primary N) is 2. The molecular formula is C22H26N2O4. The van der Waals surface area contributed by atoms with Crippen molar-refractivity contribution in [3.63, 3.8) is 0 Å². The fourth-order valence-corrected chi connectivity index (χ4v) is 2.57. The van der Waals surface area contributed by atoms with E-state index in [4.69, 9.17) is 20.9 Å². The number of hydrogen-bond acceptors (Lipinski definition) is 6. The predicted octanol–water partition coefficient (Wildman–Crippen LogP) is 2.53. The fraction of sp³-hybridized carbons (Fsp3) is 0.273. The van der Waals surface area contributed by atoms with Gasteiger partial charge >= 0.3 is 11.9 Å². The number of esters is 2. The summed E-state index contributed by atoms with van der Waals surface area (Å²) in [6.45, 7) is 3.85. The summed E-state index contributed by atoms with van der Waals surface area (Å²) >= 11 is 0. The van der Waals surface area contributed by atoms with Gasteiger partial charge in [-0.1, -0.05) is 24.3 Å². The van der Waals surface area contributed by atoms with E-state index in [1.54, 1.807) is 24.3 Å². The molecule has 0 saturated carbocycles. The second-order valence-electron chi connectivity index (χ2n) is 6.83. The Bertz CT molecular complexity index is 740. The van der Waals surface area contributed by atoms with Crippen LogP contribution in [-0.4, -0.2) is 24.0 Å². The van der Waals surface area contributed by atoms with Gasteiger partial charge < -0.3 is 20.9 Å². The van der Waals surface area contributed by atoms with E-state index in [1.165, 1.54) is 0 Å². The number of ether oxygens (including phenoxy) is 2. The SMILES string of the molecule is CC(N)Cc1ccc(OC(=O)/C=C\C(=O)Oc2ccc(CC(C)N)cc2)cc1. The minimum absolute atomic E-state index is 0.0581. The van der Waals surface area contributed by atoms with Crippen molar-refractivity contribution < 1.29 is 19.1 Å². The summed E-state index contributed by atoms with van der Waals surface area (Å²) in [6, 6.07) is 14.2.